The number of primary amides is 1. The molecule has 0 saturated heterocycles. The maximum absolute atomic E-state index is 10.9. The molecule has 0 bridgehead atoms. The maximum atomic E-state index is 10.9. The second-order valence-electron chi connectivity index (χ2n) is 4.89. The summed E-state index contributed by atoms with van der Waals surface area (Å²) in [5, 5.41) is 0. The number of aromatic nitrogens is 1. The Morgan fingerprint density at radius 3 is 2.56 bits per heavy atom. The number of nitrogens with two attached hydrogens (primary N) is 2. The van der Waals surface area contributed by atoms with Gasteiger partial charge in [-0.05, 0) is 24.5 Å². The highest BCUT2D eigenvalue weighted by atomic mass is 16.1. The molecule has 0 aromatic carbocycles. The standard InChI is InChI=1S/C13H22N4O/c1-9(2)11(14)6-7-17(3)12-5-4-10(8-16-12)13(15)18/h4-5,8-9,11H,6-7,14H2,1-3H3,(H2,15,18). The van der Waals surface area contributed by atoms with Gasteiger partial charge in [0.05, 0.1) is 5.56 Å². The second-order valence-corrected chi connectivity index (χ2v) is 4.89. The molecule has 1 aromatic heterocycles. The second kappa shape index (κ2) is 6.35. The highest BCUT2D eigenvalue weighted by Gasteiger charge is 2.10. The minimum atomic E-state index is -0.460. The Morgan fingerprint density at radius 1 is 1.44 bits per heavy atom. The smallest absolute Gasteiger partial charge is 0.250 e. The predicted molar refractivity (Wildman–Crippen MR) is 73.5 cm³/mol. The Balaban J connectivity index is 2.56. The number of hydrogen-bond acceptors (Lipinski definition) is 4. The quantitative estimate of drug-likeness (QED) is 0.788. The minimum Gasteiger partial charge on any atom is -0.366 e. The highest BCUT2D eigenvalue weighted by molar-refractivity contribution is 5.92. The Kier molecular flexibility index (Phi) is 5.09. The normalized spacial score (nSPS) is 12.5. The third-order valence-electron chi connectivity index (χ3n) is 3.08. The Bertz CT molecular complexity index is 388. The number of carbonyl (C=O) groups excluding carboxylic acids is 1. The van der Waals surface area contributed by atoms with E-state index in [1.165, 1.54) is 6.20 Å². The fourth-order valence-electron chi connectivity index (χ4n) is 1.55. The van der Waals surface area contributed by atoms with Crippen molar-refractivity contribution in [2.75, 3.05) is 18.5 Å². The van der Waals surface area contributed by atoms with Crippen LogP contribution in [-0.4, -0.2) is 30.5 Å². The largest absolute Gasteiger partial charge is 0.366 e. The third kappa shape index (κ3) is 4.00. The molecule has 1 heterocycles. The molecular weight excluding hydrogens is 228 g/mol. The number of nitrogens with zero attached hydrogens (tertiary/aromatic N) is 2. The molecule has 1 unspecified atom stereocenters. The van der Waals surface area contributed by atoms with Crippen molar-refractivity contribution >= 4 is 11.7 Å². The van der Waals surface area contributed by atoms with E-state index in [1.807, 2.05) is 11.9 Å². The number of hydrogen-bond donors (Lipinski definition) is 2. The predicted octanol–water partition coefficient (Wildman–Crippen LogP) is 0.990. The minimum absolute atomic E-state index is 0.192. The van der Waals surface area contributed by atoms with Gasteiger partial charge in [0, 0.05) is 25.8 Å². The van der Waals surface area contributed by atoms with E-state index in [-0.39, 0.29) is 6.04 Å². The summed E-state index contributed by atoms with van der Waals surface area (Å²) in [4.78, 5) is 17.2. The summed E-state index contributed by atoms with van der Waals surface area (Å²) < 4.78 is 0. The number of amides is 1. The van der Waals surface area contributed by atoms with Crippen molar-refractivity contribution in [3.8, 4) is 0 Å². The van der Waals surface area contributed by atoms with Crippen molar-refractivity contribution in [3.05, 3.63) is 23.9 Å². The first-order chi connectivity index (χ1) is 8.41. The van der Waals surface area contributed by atoms with Gasteiger partial charge in [-0.2, -0.15) is 0 Å². The van der Waals surface area contributed by atoms with Crippen LogP contribution in [0.5, 0.6) is 0 Å². The van der Waals surface area contributed by atoms with Crippen LogP contribution >= 0.6 is 0 Å². The van der Waals surface area contributed by atoms with Gasteiger partial charge in [-0.15, -0.1) is 0 Å². The molecule has 0 spiro atoms. The van der Waals surface area contributed by atoms with Gasteiger partial charge >= 0.3 is 0 Å². The zero-order chi connectivity index (χ0) is 13.7. The summed E-state index contributed by atoms with van der Waals surface area (Å²) >= 11 is 0. The lowest BCUT2D eigenvalue weighted by Crippen LogP contribution is -2.32. The van der Waals surface area contributed by atoms with Crippen LogP contribution in [0.4, 0.5) is 5.82 Å². The van der Waals surface area contributed by atoms with Crippen LogP contribution in [0.1, 0.15) is 30.6 Å². The van der Waals surface area contributed by atoms with Gasteiger partial charge in [-0.1, -0.05) is 13.8 Å². The molecule has 1 rings (SSSR count). The third-order valence-corrected chi connectivity index (χ3v) is 3.08. The first-order valence-electron chi connectivity index (χ1n) is 6.14. The van der Waals surface area contributed by atoms with Gasteiger partial charge < -0.3 is 16.4 Å². The van der Waals surface area contributed by atoms with Gasteiger partial charge in [-0.3, -0.25) is 4.79 Å². The molecule has 5 nitrogen and oxygen atoms in total. The zero-order valence-electron chi connectivity index (χ0n) is 11.3. The van der Waals surface area contributed by atoms with Crippen LogP contribution in [0.15, 0.2) is 18.3 Å². The van der Waals surface area contributed by atoms with Gasteiger partial charge in [0.2, 0.25) is 5.91 Å². The fraction of sp³-hybridized carbons (Fsp3) is 0.538. The van der Waals surface area contributed by atoms with Crippen LogP contribution in [0, 0.1) is 5.92 Å². The van der Waals surface area contributed by atoms with E-state index >= 15 is 0 Å². The van der Waals surface area contributed by atoms with Crippen molar-refractivity contribution in [2.24, 2.45) is 17.4 Å². The highest BCUT2D eigenvalue weighted by Crippen LogP contribution is 2.11. The van der Waals surface area contributed by atoms with E-state index in [2.05, 4.69) is 18.8 Å². The number of anilines is 1. The maximum Gasteiger partial charge on any atom is 0.250 e. The molecule has 0 radical (unpaired) electrons. The molecule has 18 heavy (non-hydrogen) atoms. The molecular formula is C13H22N4O. The monoisotopic (exact) mass is 250 g/mol. The molecule has 0 aliphatic heterocycles. The van der Waals surface area contributed by atoms with Crippen molar-refractivity contribution in [2.45, 2.75) is 26.3 Å². The molecule has 1 atom stereocenters. The summed E-state index contributed by atoms with van der Waals surface area (Å²) in [5.74, 6) is 0.832. The lowest BCUT2D eigenvalue weighted by Gasteiger charge is -2.22. The van der Waals surface area contributed by atoms with Crippen molar-refractivity contribution in [3.63, 3.8) is 0 Å². The van der Waals surface area contributed by atoms with Crippen LogP contribution in [0.2, 0.25) is 0 Å². The lowest BCUT2D eigenvalue weighted by molar-refractivity contribution is 0.1000. The Labute approximate surface area is 108 Å². The first kappa shape index (κ1) is 14.4. The van der Waals surface area contributed by atoms with E-state index in [9.17, 15) is 4.79 Å². The number of rotatable bonds is 6. The van der Waals surface area contributed by atoms with E-state index in [0.717, 1.165) is 18.8 Å². The zero-order valence-corrected chi connectivity index (χ0v) is 11.3. The molecule has 1 aromatic rings. The molecule has 100 valence electrons. The van der Waals surface area contributed by atoms with E-state index < -0.39 is 5.91 Å². The number of carbonyl (C=O) groups is 1. The molecule has 0 saturated carbocycles. The topological polar surface area (TPSA) is 85.2 Å². The van der Waals surface area contributed by atoms with Crippen molar-refractivity contribution in [1.29, 1.82) is 0 Å². The summed E-state index contributed by atoms with van der Waals surface area (Å²) in [5.41, 5.74) is 11.6. The van der Waals surface area contributed by atoms with Gasteiger partial charge in [0.1, 0.15) is 5.82 Å². The van der Waals surface area contributed by atoms with Crippen molar-refractivity contribution in [1.82, 2.24) is 4.98 Å². The molecule has 0 aliphatic carbocycles. The summed E-state index contributed by atoms with van der Waals surface area (Å²) in [7, 11) is 1.96. The van der Waals surface area contributed by atoms with Gasteiger partial charge in [0.25, 0.3) is 0 Å². The molecule has 5 heteroatoms. The van der Waals surface area contributed by atoms with Crippen LogP contribution < -0.4 is 16.4 Å². The number of pyridine rings is 1. The Morgan fingerprint density at radius 2 is 2.11 bits per heavy atom. The summed E-state index contributed by atoms with van der Waals surface area (Å²) in [6, 6.07) is 3.67. The van der Waals surface area contributed by atoms with Crippen LogP contribution in [-0.2, 0) is 0 Å². The van der Waals surface area contributed by atoms with Crippen LogP contribution in [0.3, 0.4) is 0 Å². The van der Waals surface area contributed by atoms with Gasteiger partial charge in [-0.25, -0.2) is 4.98 Å². The van der Waals surface area contributed by atoms with Crippen LogP contribution in [0.25, 0.3) is 0 Å². The average Bonchev–Trinajstić information content (AvgIpc) is 2.35. The van der Waals surface area contributed by atoms with Crippen molar-refractivity contribution < 1.29 is 4.79 Å². The molecule has 1 amide bonds. The van der Waals surface area contributed by atoms with E-state index in [0.29, 0.717) is 11.5 Å². The summed E-state index contributed by atoms with van der Waals surface area (Å²) in [6.45, 7) is 5.07. The molecule has 0 fully saturated rings. The lowest BCUT2D eigenvalue weighted by atomic mass is 10.0. The molecule has 0 aliphatic rings. The van der Waals surface area contributed by atoms with Gasteiger partial charge in [0.15, 0.2) is 0 Å². The fourth-order valence-corrected chi connectivity index (χ4v) is 1.55. The Hall–Kier alpha value is -1.62. The van der Waals surface area contributed by atoms with E-state index in [1.54, 1.807) is 12.1 Å². The van der Waals surface area contributed by atoms with E-state index in [4.69, 9.17) is 11.5 Å². The summed E-state index contributed by atoms with van der Waals surface area (Å²) in [6.07, 6.45) is 2.41. The average molecular weight is 250 g/mol. The SMILES string of the molecule is CC(C)C(N)CCN(C)c1ccc(C(N)=O)cn1. The molecule has 4 N–H and O–H groups in total. The first-order valence-corrected chi connectivity index (χ1v) is 6.14.